The fourth-order valence-electron chi connectivity index (χ4n) is 0.318. The molecule has 0 spiro atoms. The Labute approximate surface area is 66.7 Å². The summed E-state index contributed by atoms with van der Waals surface area (Å²) in [5, 5.41) is 7.42. The SMILES string of the molecule is C=CC(C=O)CC.CC(=O)O. The highest BCUT2D eigenvalue weighted by Crippen LogP contribution is 1.96. The predicted molar refractivity (Wildman–Crippen MR) is 43.4 cm³/mol. The van der Waals surface area contributed by atoms with E-state index in [9.17, 15) is 4.79 Å². The number of hydrogen-bond donors (Lipinski definition) is 1. The van der Waals surface area contributed by atoms with Crippen LogP contribution in [0.4, 0.5) is 0 Å². The first-order valence-corrected chi connectivity index (χ1v) is 3.35. The van der Waals surface area contributed by atoms with Gasteiger partial charge in [-0.1, -0.05) is 13.0 Å². The molecule has 1 N–H and O–H groups in total. The van der Waals surface area contributed by atoms with Crippen molar-refractivity contribution in [3.63, 3.8) is 0 Å². The van der Waals surface area contributed by atoms with Gasteiger partial charge in [0.2, 0.25) is 0 Å². The average molecular weight is 158 g/mol. The Balaban J connectivity index is 0. The number of carboxylic acids is 1. The highest BCUT2D eigenvalue weighted by atomic mass is 16.4. The minimum atomic E-state index is -0.833. The zero-order chi connectivity index (χ0) is 9.28. The molecule has 3 nitrogen and oxygen atoms in total. The van der Waals surface area contributed by atoms with Gasteiger partial charge >= 0.3 is 0 Å². The molecule has 11 heavy (non-hydrogen) atoms. The van der Waals surface area contributed by atoms with Crippen molar-refractivity contribution in [3.05, 3.63) is 12.7 Å². The summed E-state index contributed by atoms with van der Waals surface area (Å²) in [5.41, 5.74) is 0. The lowest BCUT2D eigenvalue weighted by Crippen LogP contribution is -1.92. The first kappa shape index (κ1) is 12.5. The number of aldehydes is 1. The smallest absolute Gasteiger partial charge is 0.300 e. The van der Waals surface area contributed by atoms with E-state index in [1.54, 1.807) is 6.08 Å². The highest BCUT2D eigenvalue weighted by Gasteiger charge is 1.92. The fraction of sp³-hybridized carbons (Fsp3) is 0.500. The Morgan fingerprint density at radius 2 is 2.09 bits per heavy atom. The minimum absolute atomic E-state index is 0.0694. The third-order valence-electron chi connectivity index (χ3n) is 0.949. The van der Waals surface area contributed by atoms with Gasteiger partial charge in [0.15, 0.2) is 0 Å². The van der Waals surface area contributed by atoms with Crippen LogP contribution in [0.25, 0.3) is 0 Å². The molecule has 64 valence electrons. The fourth-order valence-corrected chi connectivity index (χ4v) is 0.318. The van der Waals surface area contributed by atoms with Crippen LogP contribution in [0.2, 0.25) is 0 Å². The lowest BCUT2D eigenvalue weighted by atomic mass is 10.1. The van der Waals surface area contributed by atoms with Gasteiger partial charge in [-0.15, -0.1) is 6.58 Å². The number of hydrogen-bond acceptors (Lipinski definition) is 2. The summed E-state index contributed by atoms with van der Waals surface area (Å²) >= 11 is 0. The monoisotopic (exact) mass is 158 g/mol. The van der Waals surface area contributed by atoms with Gasteiger partial charge in [-0.2, -0.15) is 0 Å². The van der Waals surface area contributed by atoms with Crippen LogP contribution in [0.15, 0.2) is 12.7 Å². The molecule has 3 heteroatoms. The Bertz CT molecular complexity index is 117. The van der Waals surface area contributed by atoms with Crippen LogP contribution in [0.3, 0.4) is 0 Å². The maximum atomic E-state index is 9.90. The number of aliphatic carboxylic acids is 1. The quantitative estimate of drug-likeness (QED) is 0.500. The summed E-state index contributed by atoms with van der Waals surface area (Å²) < 4.78 is 0. The second-order valence-electron chi connectivity index (χ2n) is 1.96. The molecule has 0 amide bonds. The molecule has 0 aromatic carbocycles. The molecule has 0 aliphatic rings. The van der Waals surface area contributed by atoms with Crippen LogP contribution in [0, 0.1) is 5.92 Å². The van der Waals surface area contributed by atoms with Crippen molar-refractivity contribution in [2.45, 2.75) is 20.3 Å². The molecule has 0 fully saturated rings. The van der Waals surface area contributed by atoms with Crippen LogP contribution in [0.1, 0.15) is 20.3 Å². The van der Waals surface area contributed by atoms with Crippen molar-refractivity contribution < 1.29 is 14.7 Å². The second kappa shape index (κ2) is 8.88. The van der Waals surface area contributed by atoms with Gasteiger partial charge in [0, 0.05) is 12.8 Å². The Morgan fingerprint density at radius 1 is 1.73 bits per heavy atom. The third-order valence-corrected chi connectivity index (χ3v) is 0.949. The van der Waals surface area contributed by atoms with Crippen molar-refractivity contribution >= 4 is 12.3 Å². The standard InChI is InChI=1S/C6H10O.C2H4O2/c1-3-6(4-2)5-7;1-2(3)4/h3,5-6H,1,4H2,2H3;1H3,(H,3,4). The Morgan fingerprint density at radius 3 is 2.09 bits per heavy atom. The number of carbonyl (C=O) groups is 2. The molecule has 0 aliphatic carbocycles. The summed E-state index contributed by atoms with van der Waals surface area (Å²) in [4.78, 5) is 18.9. The molecule has 1 atom stereocenters. The summed E-state index contributed by atoms with van der Waals surface area (Å²) in [6, 6.07) is 0. The van der Waals surface area contributed by atoms with Crippen LogP contribution in [-0.2, 0) is 9.59 Å². The van der Waals surface area contributed by atoms with E-state index in [-0.39, 0.29) is 5.92 Å². The number of carbonyl (C=O) groups excluding carboxylic acids is 1. The second-order valence-corrected chi connectivity index (χ2v) is 1.96. The van der Waals surface area contributed by atoms with Crippen LogP contribution >= 0.6 is 0 Å². The van der Waals surface area contributed by atoms with E-state index in [2.05, 4.69) is 6.58 Å². The van der Waals surface area contributed by atoms with Gasteiger partial charge in [-0.3, -0.25) is 4.79 Å². The van der Waals surface area contributed by atoms with Gasteiger partial charge < -0.3 is 9.90 Å². The lowest BCUT2D eigenvalue weighted by molar-refractivity contribution is -0.134. The first-order chi connectivity index (χ1) is 5.08. The molecule has 0 heterocycles. The van der Waals surface area contributed by atoms with Gasteiger partial charge in [-0.25, -0.2) is 0 Å². The van der Waals surface area contributed by atoms with E-state index in [1.807, 2.05) is 6.92 Å². The number of allylic oxidation sites excluding steroid dienone is 1. The van der Waals surface area contributed by atoms with Crippen LogP contribution in [0.5, 0.6) is 0 Å². The van der Waals surface area contributed by atoms with Crippen molar-refractivity contribution in [1.29, 1.82) is 0 Å². The van der Waals surface area contributed by atoms with Crippen LogP contribution in [-0.4, -0.2) is 17.4 Å². The van der Waals surface area contributed by atoms with Crippen molar-refractivity contribution in [2.24, 2.45) is 5.92 Å². The van der Waals surface area contributed by atoms with Crippen LogP contribution < -0.4 is 0 Å². The molecule has 0 radical (unpaired) electrons. The molecule has 0 rings (SSSR count). The molecule has 0 saturated heterocycles. The highest BCUT2D eigenvalue weighted by molar-refractivity contribution is 5.62. The average Bonchev–Trinajstić information content (AvgIpc) is 1.90. The normalized spacial score (nSPS) is 10.4. The Kier molecular flexibility index (Phi) is 10.1. The maximum Gasteiger partial charge on any atom is 0.300 e. The zero-order valence-electron chi connectivity index (χ0n) is 6.91. The van der Waals surface area contributed by atoms with E-state index in [0.717, 1.165) is 19.6 Å². The molecule has 0 aromatic rings. The summed E-state index contributed by atoms with van der Waals surface area (Å²) in [7, 11) is 0. The minimum Gasteiger partial charge on any atom is -0.481 e. The number of carboxylic acid groups (broad SMARTS) is 1. The molecule has 1 unspecified atom stereocenters. The van der Waals surface area contributed by atoms with E-state index in [4.69, 9.17) is 9.90 Å². The third kappa shape index (κ3) is 17.7. The van der Waals surface area contributed by atoms with Crippen molar-refractivity contribution in [1.82, 2.24) is 0 Å². The van der Waals surface area contributed by atoms with E-state index >= 15 is 0 Å². The lowest BCUT2D eigenvalue weighted by Gasteiger charge is -1.92. The van der Waals surface area contributed by atoms with E-state index in [0.29, 0.717) is 0 Å². The summed E-state index contributed by atoms with van der Waals surface area (Å²) in [6.45, 7) is 6.51. The molecule has 0 aliphatic heterocycles. The zero-order valence-corrected chi connectivity index (χ0v) is 6.91. The van der Waals surface area contributed by atoms with Crippen molar-refractivity contribution in [3.8, 4) is 0 Å². The summed E-state index contributed by atoms with van der Waals surface area (Å²) in [6.07, 6.45) is 3.44. The first-order valence-electron chi connectivity index (χ1n) is 3.35. The number of rotatable bonds is 3. The predicted octanol–water partition coefficient (Wildman–Crippen LogP) is 1.49. The maximum absolute atomic E-state index is 9.90. The molecule has 0 saturated carbocycles. The van der Waals surface area contributed by atoms with Gasteiger partial charge in [0.25, 0.3) is 5.97 Å². The molecule has 0 bridgehead atoms. The van der Waals surface area contributed by atoms with E-state index in [1.165, 1.54) is 0 Å². The van der Waals surface area contributed by atoms with Gasteiger partial charge in [-0.05, 0) is 6.42 Å². The van der Waals surface area contributed by atoms with Gasteiger partial charge in [0.05, 0.1) is 0 Å². The Hall–Kier alpha value is -1.12. The van der Waals surface area contributed by atoms with Gasteiger partial charge in [0.1, 0.15) is 6.29 Å². The van der Waals surface area contributed by atoms with E-state index < -0.39 is 5.97 Å². The van der Waals surface area contributed by atoms with Crippen molar-refractivity contribution in [2.75, 3.05) is 0 Å². The molecular formula is C8H14O3. The molecule has 0 aromatic heterocycles. The summed E-state index contributed by atoms with van der Waals surface area (Å²) in [5.74, 6) is -0.764. The molecular weight excluding hydrogens is 144 g/mol. The largest absolute Gasteiger partial charge is 0.481 e. The topological polar surface area (TPSA) is 54.4 Å².